The fourth-order valence-corrected chi connectivity index (χ4v) is 4.02. The smallest absolute Gasteiger partial charge is 0.279 e. The minimum Gasteiger partial charge on any atom is -0.496 e. The first-order chi connectivity index (χ1) is 11.6. The average Bonchev–Trinajstić information content (AvgIpc) is 3.03. The van der Waals surface area contributed by atoms with E-state index in [0.717, 1.165) is 19.3 Å². The molecule has 1 aliphatic rings. The molecule has 1 aromatic carbocycles. The van der Waals surface area contributed by atoms with Gasteiger partial charge in [0.05, 0.1) is 17.6 Å². The Kier molecular flexibility index (Phi) is 5.06. The Morgan fingerprint density at radius 1 is 1.12 bits per heavy atom. The Hall–Kier alpha value is -2.05. The van der Waals surface area contributed by atoms with Crippen LogP contribution < -0.4 is 15.6 Å². The number of aryl methyl sites for hydroxylation is 2. The summed E-state index contributed by atoms with van der Waals surface area (Å²) in [5.41, 5.74) is 6.37. The van der Waals surface area contributed by atoms with E-state index in [2.05, 4.69) is 10.9 Å². The number of hydrogen-bond donors (Lipinski definition) is 2. The van der Waals surface area contributed by atoms with Crippen molar-refractivity contribution in [2.45, 2.75) is 25.7 Å². The Balaban J connectivity index is 1.67. The molecule has 0 aliphatic heterocycles. The van der Waals surface area contributed by atoms with Crippen LogP contribution in [0.3, 0.4) is 0 Å². The maximum atomic E-state index is 12.2. The molecule has 2 amide bonds. The van der Waals surface area contributed by atoms with Crippen LogP contribution in [0.2, 0.25) is 5.02 Å². The van der Waals surface area contributed by atoms with E-state index in [1.165, 1.54) is 41.4 Å². The van der Waals surface area contributed by atoms with Crippen molar-refractivity contribution in [1.82, 2.24) is 10.9 Å². The Morgan fingerprint density at radius 3 is 2.62 bits per heavy atom. The molecule has 1 aliphatic carbocycles. The summed E-state index contributed by atoms with van der Waals surface area (Å²) in [6, 6.07) is 6.64. The topological polar surface area (TPSA) is 67.4 Å². The van der Waals surface area contributed by atoms with Gasteiger partial charge in [-0.25, -0.2) is 0 Å². The van der Waals surface area contributed by atoms with Gasteiger partial charge in [0.1, 0.15) is 5.75 Å². The van der Waals surface area contributed by atoms with Crippen molar-refractivity contribution in [3.05, 3.63) is 50.2 Å². The van der Waals surface area contributed by atoms with Crippen LogP contribution >= 0.6 is 22.9 Å². The second kappa shape index (κ2) is 7.23. The number of fused-ring (bicyclic) bond motifs is 1. The van der Waals surface area contributed by atoms with Gasteiger partial charge in [-0.1, -0.05) is 11.6 Å². The number of methoxy groups -OCH3 is 1. The normalized spacial score (nSPS) is 13.1. The van der Waals surface area contributed by atoms with Gasteiger partial charge in [-0.05, 0) is 55.5 Å². The van der Waals surface area contributed by atoms with Crippen molar-refractivity contribution in [2.75, 3.05) is 7.11 Å². The molecule has 3 rings (SSSR count). The standard InChI is InChI=1S/C17H17ClN2O3S/c1-23-13-7-6-11(18)9-12(13)16(21)19-20-17(22)15-8-10-4-2-3-5-14(10)24-15/h6-9H,2-5H2,1H3,(H,19,21)(H,20,22). The van der Waals surface area contributed by atoms with E-state index < -0.39 is 5.91 Å². The predicted octanol–water partition coefficient (Wildman–Crippen LogP) is 3.36. The number of halogens is 1. The Morgan fingerprint density at radius 2 is 1.88 bits per heavy atom. The van der Waals surface area contributed by atoms with Gasteiger partial charge in [-0.3, -0.25) is 20.4 Å². The molecule has 1 aromatic heterocycles. The van der Waals surface area contributed by atoms with Gasteiger partial charge in [0.25, 0.3) is 11.8 Å². The van der Waals surface area contributed by atoms with Gasteiger partial charge in [0, 0.05) is 9.90 Å². The predicted molar refractivity (Wildman–Crippen MR) is 93.9 cm³/mol. The highest BCUT2D eigenvalue weighted by Gasteiger charge is 2.18. The number of ether oxygens (including phenoxy) is 1. The van der Waals surface area contributed by atoms with E-state index in [0.29, 0.717) is 15.6 Å². The van der Waals surface area contributed by atoms with Crippen molar-refractivity contribution in [2.24, 2.45) is 0 Å². The van der Waals surface area contributed by atoms with Crippen molar-refractivity contribution >= 4 is 34.8 Å². The summed E-state index contributed by atoms with van der Waals surface area (Å²) in [4.78, 5) is 26.4. The monoisotopic (exact) mass is 364 g/mol. The van der Waals surface area contributed by atoms with E-state index in [1.54, 1.807) is 12.1 Å². The molecule has 126 valence electrons. The van der Waals surface area contributed by atoms with Crippen LogP contribution in [0.4, 0.5) is 0 Å². The summed E-state index contributed by atoms with van der Waals surface area (Å²) in [6.07, 6.45) is 4.38. The second-order valence-electron chi connectivity index (χ2n) is 5.52. The lowest BCUT2D eigenvalue weighted by molar-refractivity contribution is 0.0847. The van der Waals surface area contributed by atoms with Crippen molar-refractivity contribution in [1.29, 1.82) is 0 Å². The third-order valence-corrected chi connectivity index (χ3v) is 5.39. The third-order valence-electron chi connectivity index (χ3n) is 3.92. The lowest BCUT2D eigenvalue weighted by atomic mass is 9.99. The molecule has 0 bridgehead atoms. The molecular weight excluding hydrogens is 348 g/mol. The fraction of sp³-hybridized carbons (Fsp3) is 0.294. The Labute approximate surface area is 148 Å². The molecule has 0 saturated heterocycles. The maximum absolute atomic E-state index is 12.2. The number of amides is 2. The van der Waals surface area contributed by atoms with Crippen LogP contribution in [0.15, 0.2) is 24.3 Å². The van der Waals surface area contributed by atoms with Crippen molar-refractivity contribution in [3.8, 4) is 5.75 Å². The van der Waals surface area contributed by atoms with Crippen LogP contribution in [-0.4, -0.2) is 18.9 Å². The molecule has 0 unspecified atom stereocenters. The number of carbonyl (C=O) groups is 2. The summed E-state index contributed by atoms with van der Waals surface area (Å²) in [5.74, 6) is -0.412. The number of thiophene rings is 1. The highest BCUT2D eigenvalue weighted by molar-refractivity contribution is 7.14. The van der Waals surface area contributed by atoms with E-state index in [9.17, 15) is 9.59 Å². The van der Waals surface area contributed by atoms with E-state index in [-0.39, 0.29) is 11.5 Å². The molecule has 0 saturated carbocycles. The maximum Gasteiger partial charge on any atom is 0.279 e. The van der Waals surface area contributed by atoms with Crippen LogP contribution in [-0.2, 0) is 12.8 Å². The minimum absolute atomic E-state index is 0.260. The quantitative estimate of drug-likeness (QED) is 0.820. The molecule has 5 nitrogen and oxygen atoms in total. The molecule has 0 spiro atoms. The largest absolute Gasteiger partial charge is 0.496 e. The van der Waals surface area contributed by atoms with Gasteiger partial charge in [0.2, 0.25) is 0 Å². The number of hydrogen-bond acceptors (Lipinski definition) is 4. The highest BCUT2D eigenvalue weighted by atomic mass is 35.5. The first kappa shape index (κ1) is 16.8. The zero-order valence-corrected chi connectivity index (χ0v) is 14.7. The lowest BCUT2D eigenvalue weighted by Crippen LogP contribution is -2.41. The molecule has 24 heavy (non-hydrogen) atoms. The number of hydrazine groups is 1. The highest BCUT2D eigenvalue weighted by Crippen LogP contribution is 2.29. The molecule has 7 heteroatoms. The van der Waals surface area contributed by atoms with E-state index in [4.69, 9.17) is 16.3 Å². The van der Waals surface area contributed by atoms with E-state index >= 15 is 0 Å². The zero-order valence-electron chi connectivity index (χ0n) is 13.1. The van der Waals surface area contributed by atoms with Crippen LogP contribution in [0.25, 0.3) is 0 Å². The number of nitrogens with one attached hydrogen (secondary N) is 2. The van der Waals surface area contributed by atoms with Crippen LogP contribution in [0.5, 0.6) is 5.75 Å². The summed E-state index contributed by atoms with van der Waals surface area (Å²) in [5, 5.41) is 0.415. The zero-order chi connectivity index (χ0) is 17.1. The molecule has 2 aromatic rings. The molecule has 0 atom stereocenters. The van der Waals surface area contributed by atoms with Crippen LogP contribution in [0.1, 0.15) is 43.3 Å². The SMILES string of the molecule is COc1ccc(Cl)cc1C(=O)NNC(=O)c1cc2c(s1)CCCC2. The lowest BCUT2D eigenvalue weighted by Gasteiger charge is -2.10. The third kappa shape index (κ3) is 3.55. The fourth-order valence-electron chi connectivity index (χ4n) is 2.70. The number of benzene rings is 1. The molecule has 2 N–H and O–H groups in total. The first-order valence-corrected chi connectivity index (χ1v) is 8.83. The molecular formula is C17H17ClN2O3S. The van der Waals surface area contributed by atoms with Crippen molar-refractivity contribution < 1.29 is 14.3 Å². The second-order valence-corrected chi connectivity index (χ2v) is 7.09. The molecule has 1 heterocycles. The number of carbonyl (C=O) groups excluding carboxylic acids is 2. The average molecular weight is 365 g/mol. The van der Waals surface area contributed by atoms with Gasteiger partial charge >= 0.3 is 0 Å². The van der Waals surface area contributed by atoms with Crippen molar-refractivity contribution in [3.63, 3.8) is 0 Å². The number of rotatable bonds is 3. The Bertz CT molecular complexity index is 765. The van der Waals surface area contributed by atoms with E-state index in [1.807, 2.05) is 6.07 Å². The van der Waals surface area contributed by atoms with Gasteiger partial charge in [0.15, 0.2) is 0 Å². The summed E-state index contributed by atoms with van der Waals surface area (Å²) in [6.45, 7) is 0. The molecule has 0 radical (unpaired) electrons. The summed E-state index contributed by atoms with van der Waals surface area (Å²) >= 11 is 7.41. The van der Waals surface area contributed by atoms with Gasteiger partial charge < -0.3 is 4.74 Å². The summed E-state index contributed by atoms with van der Waals surface area (Å²) in [7, 11) is 1.47. The van der Waals surface area contributed by atoms with Crippen LogP contribution in [0, 0.1) is 0 Å². The van der Waals surface area contributed by atoms with Gasteiger partial charge in [-0.15, -0.1) is 11.3 Å². The molecule has 0 fully saturated rings. The first-order valence-electron chi connectivity index (χ1n) is 7.64. The minimum atomic E-state index is -0.482. The summed E-state index contributed by atoms with van der Waals surface area (Å²) < 4.78 is 5.14. The van der Waals surface area contributed by atoms with Gasteiger partial charge in [-0.2, -0.15) is 0 Å².